The van der Waals surface area contributed by atoms with E-state index in [2.05, 4.69) is 10.3 Å². The first-order chi connectivity index (χ1) is 9.88. The molecule has 1 amide bonds. The molecular formula is C14H16ClN3O3. The van der Waals surface area contributed by atoms with Gasteiger partial charge in [-0.15, -0.1) is 0 Å². The molecule has 0 radical (unpaired) electrons. The van der Waals surface area contributed by atoms with Crippen LogP contribution < -0.4 is 11.0 Å². The maximum absolute atomic E-state index is 11.9. The molecule has 7 heteroatoms. The number of carbonyl (C=O) groups excluding carboxylic acids is 1. The van der Waals surface area contributed by atoms with Gasteiger partial charge in [0.1, 0.15) is 5.75 Å². The highest BCUT2D eigenvalue weighted by Crippen LogP contribution is 2.26. The topological polar surface area (TPSA) is 87.1 Å². The number of aromatic nitrogens is 2. The summed E-state index contributed by atoms with van der Waals surface area (Å²) in [6.45, 7) is 3.88. The number of anilines is 1. The molecule has 0 bridgehead atoms. The lowest BCUT2D eigenvalue weighted by Crippen LogP contribution is -2.22. The summed E-state index contributed by atoms with van der Waals surface area (Å²) >= 11 is 5.81. The van der Waals surface area contributed by atoms with Crippen LogP contribution in [0, 0.1) is 13.8 Å². The zero-order chi connectivity index (χ0) is 15.6. The van der Waals surface area contributed by atoms with Gasteiger partial charge in [-0.1, -0.05) is 11.6 Å². The number of hydrogen-bond donors (Lipinski definition) is 3. The maximum Gasteiger partial charge on any atom is 0.325 e. The number of amides is 1. The molecule has 0 spiro atoms. The Balaban J connectivity index is 2.02. The van der Waals surface area contributed by atoms with Crippen molar-refractivity contribution in [2.24, 2.45) is 0 Å². The molecule has 6 nitrogen and oxygen atoms in total. The average Bonchev–Trinajstić information content (AvgIpc) is 2.66. The van der Waals surface area contributed by atoms with Crippen molar-refractivity contribution in [3.63, 3.8) is 0 Å². The van der Waals surface area contributed by atoms with Gasteiger partial charge in [-0.2, -0.15) is 0 Å². The Bertz CT molecular complexity index is 734. The molecule has 0 atom stereocenters. The Morgan fingerprint density at radius 1 is 1.43 bits per heavy atom. The predicted molar refractivity (Wildman–Crippen MR) is 80.9 cm³/mol. The number of nitrogens with one attached hydrogen (secondary N) is 2. The van der Waals surface area contributed by atoms with Crippen molar-refractivity contribution in [3.8, 4) is 5.75 Å². The first kappa shape index (κ1) is 15.2. The molecule has 2 rings (SSSR count). The van der Waals surface area contributed by atoms with E-state index in [0.29, 0.717) is 5.02 Å². The van der Waals surface area contributed by atoms with Crippen LogP contribution in [0.3, 0.4) is 0 Å². The number of phenolic OH excluding ortho intramolecular Hbond substituents is 1. The summed E-state index contributed by atoms with van der Waals surface area (Å²) in [5, 5.41) is 12.6. The number of aromatic amines is 1. The van der Waals surface area contributed by atoms with Gasteiger partial charge < -0.3 is 15.4 Å². The molecule has 1 aromatic carbocycles. The Morgan fingerprint density at radius 3 is 2.76 bits per heavy atom. The summed E-state index contributed by atoms with van der Waals surface area (Å²) in [7, 11) is 0. The number of halogens is 1. The molecule has 1 heterocycles. The van der Waals surface area contributed by atoms with Gasteiger partial charge in [0, 0.05) is 29.4 Å². The van der Waals surface area contributed by atoms with E-state index in [4.69, 9.17) is 11.6 Å². The van der Waals surface area contributed by atoms with Gasteiger partial charge in [-0.3, -0.25) is 9.36 Å². The van der Waals surface area contributed by atoms with Crippen molar-refractivity contribution in [1.29, 1.82) is 0 Å². The third kappa shape index (κ3) is 3.46. The molecule has 1 aromatic heterocycles. The molecule has 0 unspecified atom stereocenters. The van der Waals surface area contributed by atoms with E-state index < -0.39 is 0 Å². The van der Waals surface area contributed by atoms with E-state index in [1.54, 1.807) is 6.92 Å². The fraction of sp³-hybridized carbons (Fsp3) is 0.286. The summed E-state index contributed by atoms with van der Waals surface area (Å²) in [5.41, 5.74) is 1.61. The molecule has 21 heavy (non-hydrogen) atoms. The fourth-order valence-corrected chi connectivity index (χ4v) is 2.15. The number of aryl methyl sites for hydroxylation is 1. The van der Waals surface area contributed by atoms with E-state index in [-0.39, 0.29) is 36.0 Å². The number of H-pyrrole nitrogens is 1. The average molecular weight is 310 g/mol. The van der Waals surface area contributed by atoms with Crippen LogP contribution in [0.25, 0.3) is 0 Å². The third-order valence-corrected chi connectivity index (χ3v) is 3.52. The van der Waals surface area contributed by atoms with Crippen LogP contribution in [0.1, 0.15) is 17.8 Å². The number of hydrogen-bond acceptors (Lipinski definition) is 3. The molecule has 2 aromatic rings. The van der Waals surface area contributed by atoms with Crippen LogP contribution in [0.15, 0.2) is 23.0 Å². The monoisotopic (exact) mass is 309 g/mol. The highest BCUT2D eigenvalue weighted by Gasteiger charge is 2.10. The lowest BCUT2D eigenvalue weighted by molar-refractivity contribution is -0.116. The maximum atomic E-state index is 11.9. The largest absolute Gasteiger partial charge is 0.506 e. The van der Waals surface area contributed by atoms with Gasteiger partial charge in [-0.05, 0) is 32.0 Å². The molecule has 0 fully saturated rings. The summed E-state index contributed by atoms with van der Waals surface area (Å²) in [6.07, 6.45) is 0.115. The van der Waals surface area contributed by atoms with Crippen LogP contribution in [-0.2, 0) is 11.3 Å². The normalized spacial score (nSPS) is 10.6. The van der Waals surface area contributed by atoms with Gasteiger partial charge in [0.05, 0.1) is 5.69 Å². The number of rotatable bonds is 4. The quantitative estimate of drug-likeness (QED) is 0.756. The van der Waals surface area contributed by atoms with Crippen molar-refractivity contribution >= 4 is 23.2 Å². The molecule has 0 aliphatic heterocycles. The van der Waals surface area contributed by atoms with Crippen molar-refractivity contribution < 1.29 is 9.90 Å². The lowest BCUT2D eigenvalue weighted by atomic mass is 10.2. The number of nitrogens with zero attached hydrogens (tertiary/aromatic N) is 1. The molecule has 0 aliphatic rings. The van der Waals surface area contributed by atoms with Gasteiger partial charge in [0.25, 0.3) is 0 Å². The number of carbonyl (C=O) groups is 1. The lowest BCUT2D eigenvalue weighted by Gasteiger charge is -2.08. The van der Waals surface area contributed by atoms with E-state index in [1.807, 2.05) is 6.92 Å². The SMILES string of the molecule is Cc1[nH]c(=O)n(CCC(=O)Nc2cc(Cl)ccc2O)c1C. The van der Waals surface area contributed by atoms with Gasteiger partial charge in [-0.25, -0.2) is 4.79 Å². The van der Waals surface area contributed by atoms with E-state index >= 15 is 0 Å². The number of benzene rings is 1. The Labute approximate surface area is 126 Å². The molecular weight excluding hydrogens is 294 g/mol. The van der Waals surface area contributed by atoms with Gasteiger partial charge in [0.2, 0.25) is 5.91 Å². The van der Waals surface area contributed by atoms with E-state index in [9.17, 15) is 14.7 Å². The van der Waals surface area contributed by atoms with Crippen LogP contribution in [-0.4, -0.2) is 20.6 Å². The molecule has 0 aliphatic carbocycles. The summed E-state index contributed by atoms with van der Waals surface area (Å²) in [6, 6.07) is 4.40. The first-order valence-corrected chi connectivity index (χ1v) is 6.80. The summed E-state index contributed by atoms with van der Waals surface area (Å²) < 4.78 is 1.51. The molecule has 112 valence electrons. The van der Waals surface area contributed by atoms with Crippen molar-refractivity contribution in [2.75, 3.05) is 5.32 Å². The predicted octanol–water partition coefficient (Wildman–Crippen LogP) is 2.18. The van der Waals surface area contributed by atoms with E-state index in [0.717, 1.165) is 11.4 Å². The number of imidazole rings is 1. The smallest absolute Gasteiger partial charge is 0.325 e. The summed E-state index contributed by atoms with van der Waals surface area (Å²) in [4.78, 5) is 26.2. The Hall–Kier alpha value is -2.21. The molecule has 3 N–H and O–H groups in total. The van der Waals surface area contributed by atoms with Gasteiger partial charge in [0.15, 0.2) is 0 Å². The van der Waals surface area contributed by atoms with Crippen molar-refractivity contribution in [2.45, 2.75) is 26.8 Å². The zero-order valence-corrected chi connectivity index (χ0v) is 12.5. The van der Waals surface area contributed by atoms with Crippen LogP contribution in [0.2, 0.25) is 5.02 Å². The highest BCUT2D eigenvalue weighted by atomic mass is 35.5. The van der Waals surface area contributed by atoms with Crippen LogP contribution in [0.4, 0.5) is 5.69 Å². The number of phenols is 1. The van der Waals surface area contributed by atoms with E-state index in [1.165, 1.54) is 22.8 Å². The molecule has 0 saturated carbocycles. The Morgan fingerprint density at radius 2 is 2.14 bits per heavy atom. The van der Waals surface area contributed by atoms with Crippen LogP contribution >= 0.6 is 11.6 Å². The van der Waals surface area contributed by atoms with Crippen molar-refractivity contribution in [1.82, 2.24) is 9.55 Å². The van der Waals surface area contributed by atoms with Crippen molar-refractivity contribution in [3.05, 3.63) is 45.1 Å². The second kappa shape index (κ2) is 6.05. The molecule has 0 saturated heterocycles. The summed E-state index contributed by atoms with van der Waals surface area (Å²) in [5.74, 6) is -0.365. The minimum absolute atomic E-state index is 0.0569. The minimum atomic E-state index is -0.308. The highest BCUT2D eigenvalue weighted by molar-refractivity contribution is 6.31. The standard InChI is InChI=1S/C14H16ClN3O3/c1-8-9(2)18(14(21)16-8)6-5-13(20)17-11-7-10(15)3-4-12(11)19/h3-4,7,19H,5-6H2,1-2H3,(H,16,21)(H,17,20). The Kier molecular flexibility index (Phi) is 4.37. The van der Waals surface area contributed by atoms with Crippen LogP contribution in [0.5, 0.6) is 5.75 Å². The zero-order valence-electron chi connectivity index (χ0n) is 11.7. The first-order valence-electron chi connectivity index (χ1n) is 6.43. The fourth-order valence-electron chi connectivity index (χ4n) is 1.98. The third-order valence-electron chi connectivity index (χ3n) is 3.28. The second-order valence-corrected chi connectivity index (χ2v) is 5.19. The second-order valence-electron chi connectivity index (χ2n) is 4.75. The minimum Gasteiger partial charge on any atom is -0.506 e. The van der Waals surface area contributed by atoms with Gasteiger partial charge >= 0.3 is 5.69 Å². The number of aromatic hydroxyl groups is 1.